The molecule has 0 spiro atoms. The van der Waals surface area contributed by atoms with Gasteiger partial charge in [-0.3, -0.25) is 19.3 Å². The number of nitrogens with one attached hydrogen (secondary N) is 1. The second-order valence-corrected chi connectivity index (χ2v) is 7.51. The Kier molecular flexibility index (Phi) is 3.91. The molecule has 0 bridgehead atoms. The van der Waals surface area contributed by atoms with Crippen LogP contribution in [0.3, 0.4) is 0 Å². The summed E-state index contributed by atoms with van der Waals surface area (Å²) in [5, 5.41) is 12.2. The maximum Gasteiger partial charge on any atom is 0.233 e. The van der Waals surface area contributed by atoms with E-state index in [0.717, 1.165) is 17.8 Å². The van der Waals surface area contributed by atoms with Crippen molar-refractivity contribution in [2.75, 3.05) is 11.9 Å². The third kappa shape index (κ3) is 2.86. The third-order valence-electron chi connectivity index (χ3n) is 4.77. The van der Waals surface area contributed by atoms with Crippen LogP contribution in [-0.2, 0) is 14.4 Å². The highest BCUT2D eigenvalue weighted by atomic mass is 32.1. The summed E-state index contributed by atoms with van der Waals surface area (Å²) in [7, 11) is 0. The second-order valence-electron chi connectivity index (χ2n) is 6.50. The van der Waals surface area contributed by atoms with Crippen molar-refractivity contribution < 1.29 is 14.4 Å². The molecule has 1 N–H and O–H groups in total. The Morgan fingerprint density at radius 1 is 1.17 bits per heavy atom. The van der Waals surface area contributed by atoms with Gasteiger partial charge in [-0.05, 0) is 25.7 Å². The molecule has 2 fully saturated rings. The van der Waals surface area contributed by atoms with Crippen molar-refractivity contribution in [2.24, 2.45) is 11.8 Å². The van der Waals surface area contributed by atoms with Gasteiger partial charge in [0.15, 0.2) is 0 Å². The topological polar surface area (TPSA) is 92.3 Å². The number of carbonyl (C=O) groups excluding carboxylic acids is 3. The van der Waals surface area contributed by atoms with E-state index in [1.807, 2.05) is 12.2 Å². The molecule has 1 aliphatic heterocycles. The number of carbonyl (C=O) groups is 3. The molecule has 24 heavy (non-hydrogen) atoms. The second kappa shape index (κ2) is 6.08. The molecule has 126 valence electrons. The molecule has 2 heterocycles. The van der Waals surface area contributed by atoms with Gasteiger partial charge in [-0.1, -0.05) is 23.5 Å². The van der Waals surface area contributed by atoms with Crippen LogP contribution in [-0.4, -0.2) is 39.4 Å². The minimum Gasteiger partial charge on any atom is -0.300 e. The fourth-order valence-electron chi connectivity index (χ4n) is 3.26. The molecule has 0 radical (unpaired) electrons. The molecule has 3 aliphatic rings. The fourth-order valence-corrected chi connectivity index (χ4v) is 4.19. The van der Waals surface area contributed by atoms with E-state index in [2.05, 4.69) is 15.5 Å². The van der Waals surface area contributed by atoms with Crippen LogP contribution in [0.5, 0.6) is 0 Å². The zero-order valence-electron chi connectivity index (χ0n) is 13.1. The number of amides is 3. The van der Waals surface area contributed by atoms with Crippen LogP contribution in [0.4, 0.5) is 5.13 Å². The van der Waals surface area contributed by atoms with E-state index in [-0.39, 0.29) is 42.5 Å². The van der Waals surface area contributed by atoms with Gasteiger partial charge < -0.3 is 5.32 Å². The van der Waals surface area contributed by atoms with Crippen LogP contribution in [0.25, 0.3) is 0 Å². The van der Waals surface area contributed by atoms with Crippen molar-refractivity contribution in [1.29, 1.82) is 0 Å². The summed E-state index contributed by atoms with van der Waals surface area (Å²) in [6.45, 7) is 0.130. The summed E-state index contributed by atoms with van der Waals surface area (Å²) >= 11 is 1.40. The van der Waals surface area contributed by atoms with Gasteiger partial charge in [-0.2, -0.15) is 0 Å². The van der Waals surface area contributed by atoms with E-state index in [4.69, 9.17) is 0 Å². The van der Waals surface area contributed by atoms with Crippen molar-refractivity contribution in [3.8, 4) is 0 Å². The van der Waals surface area contributed by atoms with Gasteiger partial charge in [0.25, 0.3) is 0 Å². The van der Waals surface area contributed by atoms with Gasteiger partial charge in [0.1, 0.15) is 5.01 Å². The number of imide groups is 1. The number of fused-ring (bicyclic) bond motifs is 1. The van der Waals surface area contributed by atoms with Gasteiger partial charge in [0.2, 0.25) is 22.9 Å². The molecular weight excluding hydrogens is 328 g/mol. The lowest BCUT2D eigenvalue weighted by Crippen LogP contribution is -2.34. The van der Waals surface area contributed by atoms with Crippen LogP contribution in [0.2, 0.25) is 0 Å². The molecule has 2 aliphatic carbocycles. The third-order valence-corrected chi connectivity index (χ3v) is 5.78. The standard InChI is InChI=1S/C16H18N4O3S/c21-12(17-16-19-18-13(24-16)9-5-6-9)7-8-20-14(22)10-3-1-2-4-11(10)15(20)23/h1-2,9-11H,3-8H2,(H,17,19,21). The summed E-state index contributed by atoms with van der Waals surface area (Å²) in [6, 6.07) is 0. The molecule has 3 amide bonds. The minimum absolute atomic E-state index is 0.0860. The van der Waals surface area contributed by atoms with Crippen molar-refractivity contribution in [1.82, 2.24) is 15.1 Å². The molecule has 0 aromatic carbocycles. The average Bonchev–Trinajstić information content (AvgIpc) is 3.29. The molecule has 1 saturated carbocycles. The SMILES string of the molecule is O=C(CCN1C(=O)C2CC=CCC2C1=O)Nc1nnc(C2CC2)s1. The molecule has 1 aromatic heterocycles. The number of hydrogen-bond donors (Lipinski definition) is 1. The lowest BCUT2D eigenvalue weighted by atomic mass is 9.85. The summed E-state index contributed by atoms with van der Waals surface area (Å²) < 4.78 is 0. The first-order chi connectivity index (χ1) is 11.6. The maximum absolute atomic E-state index is 12.3. The van der Waals surface area contributed by atoms with E-state index in [0.29, 0.717) is 23.9 Å². The number of allylic oxidation sites excluding steroid dienone is 2. The summed E-state index contributed by atoms with van der Waals surface area (Å²) in [6.07, 6.45) is 7.50. The van der Waals surface area contributed by atoms with Crippen molar-refractivity contribution >= 4 is 34.2 Å². The molecule has 2 atom stereocenters. The predicted octanol–water partition coefficient (Wildman–Crippen LogP) is 1.70. The summed E-state index contributed by atoms with van der Waals surface area (Å²) in [5.41, 5.74) is 0. The average molecular weight is 346 g/mol. The fraction of sp³-hybridized carbons (Fsp3) is 0.562. The number of aromatic nitrogens is 2. The van der Waals surface area contributed by atoms with E-state index in [1.54, 1.807) is 0 Å². The smallest absolute Gasteiger partial charge is 0.233 e. The maximum atomic E-state index is 12.3. The van der Waals surface area contributed by atoms with Crippen molar-refractivity contribution in [3.63, 3.8) is 0 Å². The largest absolute Gasteiger partial charge is 0.300 e. The van der Waals surface area contributed by atoms with Crippen LogP contribution < -0.4 is 5.32 Å². The highest BCUT2D eigenvalue weighted by molar-refractivity contribution is 7.15. The number of rotatable bonds is 5. The predicted molar refractivity (Wildman–Crippen MR) is 87.2 cm³/mol. The normalized spacial score (nSPS) is 25.9. The monoisotopic (exact) mass is 346 g/mol. The van der Waals surface area contributed by atoms with Gasteiger partial charge in [0, 0.05) is 18.9 Å². The lowest BCUT2D eigenvalue weighted by Gasteiger charge is -2.14. The molecule has 1 saturated heterocycles. The first-order valence-corrected chi connectivity index (χ1v) is 9.08. The number of nitrogens with zero attached hydrogens (tertiary/aromatic N) is 3. The quantitative estimate of drug-likeness (QED) is 0.647. The van der Waals surface area contributed by atoms with Crippen LogP contribution >= 0.6 is 11.3 Å². The van der Waals surface area contributed by atoms with Crippen molar-refractivity contribution in [2.45, 2.75) is 38.0 Å². The first-order valence-electron chi connectivity index (χ1n) is 8.27. The van der Waals surface area contributed by atoms with Crippen LogP contribution in [0, 0.1) is 11.8 Å². The first kappa shape index (κ1) is 15.4. The Labute approximate surface area is 143 Å². The lowest BCUT2D eigenvalue weighted by molar-refractivity contribution is -0.140. The summed E-state index contributed by atoms with van der Waals surface area (Å²) in [5.74, 6) is -0.514. The highest BCUT2D eigenvalue weighted by Gasteiger charge is 2.46. The van der Waals surface area contributed by atoms with Gasteiger partial charge in [-0.15, -0.1) is 10.2 Å². The van der Waals surface area contributed by atoms with Gasteiger partial charge in [-0.25, -0.2) is 0 Å². The highest BCUT2D eigenvalue weighted by Crippen LogP contribution is 2.42. The van der Waals surface area contributed by atoms with Crippen LogP contribution in [0.1, 0.15) is 43.0 Å². The Morgan fingerprint density at radius 2 is 1.83 bits per heavy atom. The van der Waals surface area contributed by atoms with Crippen molar-refractivity contribution in [3.05, 3.63) is 17.2 Å². The van der Waals surface area contributed by atoms with E-state index < -0.39 is 0 Å². The number of hydrogen-bond acceptors (Lipinski definition) is 6. The molecule has 1 aromatic rings. The number of likely N-dealkylation sites (tertiary alicyclic amines) is 1. The Bertz CT molecular complexity index is 699. The molecule has 8 heteroatoms. The number of anilines is 1. The zero-order valence-corrected chi connectivity index (χ0v) is 13.9. The van der Waals surface area contributed by atoms with Gasteiger partial charge >= 0.3 is 0 Å². The molecular formula is C16H18N4O3S. The summed E-state index contributed by atoms with van der Waals surface area (Å²) in [4.78, 5) is 38.0. The van der Waals surface area contributed by atoms with Gasteiger partial charge in [0.05, 0.1) is 11.8 Å². The van der Waals surface area contributed by atoms with E-state index in [1.165, 1.54) is 16.2 Å². The Balaban J connectivity index is 1.31. The van der Waals surface area contributed by atoms with Crippen LogP contribution in [0.15, 0.2) is 12.2 Å². The van der Waals surface area contributed by atoms with E-state index in [9.17, 15) is 14.4 Å². The Hall–Kier alpha value is -2.09. The Morgan fingerprint density at radius 3 is 2.46 bits per heavy atom. The molecule has 2 unspecified atom stereocenters. The zero-order chi connectivity index (χ0) is 16.7. The van der Waals surface area contributed by atoms with E-state index >= 15 is 0 Å². The minimum atomic E-state index is -0.248. The molecule has 7 nitrogen and oxygen atoms in total. The molecule has 4 rings (SSSR count).